The van der Waals surface area contributed by atoms with Crippen molar-refractivity contribution < 1.29 is 14.3 Å². The normalized spacial score (nSPS) is 23.9. The zero-order valence-corrected chi connectivity index (χ0v) is 14.9. The van der Waals surface area contributed by atoms with Crippen molar-refractivity contribution in [2.45, 2.75) is 32.7 Å². The minimum absolute atomic E-state index is 0.00581. The van der Waals surface area contributed by atoms with Crippen molar-refractivity contribution in [1.82, 2.24) is 4.90 Å². The molecule has 3 atom stereocenters. The van der Waals surface area contributed by atoms with E-state index in [9.17, 15) is 9.59 Å². The van der Waals surface area contributed by atoms with E-state index < -0.39 is 5.91 Å². The lowest BCUT2D eigenvalue weighted by Gasteiger charge is -2.32. The summed E-state index contributed by atoms with van der Waals surface area (Å²) < 4.78 is 5.32. The highest BCUT2D eigenvalue weighted by Crippen LogP contribution is 2.43. The van der Waals surface area contributed by atoms with Gasteiger partial charge in [-0.15, -0.1) is 0 Å². The summed E-state index contributed by atoms with van der Waals surface area (Å²) in [4.78, 5) is 25.8. The van der Waals surface area contributed by atoms with Gasteiger partial charge in [0.05, 0.1) is 0 Å². The van der Waals surface area contributed by atoms with Crippen LogP contribution in [0.15, 0.2) is 36.4 Å². The topological polar surface area (TPSA) is 72.6 Å². The van der Waals surface area contributed by atoms with Crippen LogP contribution in [0.1, 0.15) is 37.0 Å². The van der Waals surface area contributed by atoms with Crippen molar-refractivity contribution in [2.75, 3.05) is 13.2 Å². The molecule has 25 heavy (non-hydrogen) atoms. The van der Waals surface area contributed by atoms with Crippen molar-refractivity contribution in [3.63, 3.8) is 0 Å². The molecule has 2 N–H and O–H groups in total. The van der Waals surface area contributed by atoms with Gasteiger partial charge in [0.2, 0.25) is 0 Å². The van der Waals surface area contributed by atoms with Crippen LogP contribution in [-0.4, -0.2) is 35.9 Å². The summed E-state index contributed by atoms with van der Waals surface area (Å²) in [5.41, 5.74) is 5.68. The van der Waals surface area contributed by atoms with Gasteiger partial charge in [-0.25, -0.2) is 0 Å². The standard InChI is InChI=1S/C20H26N2O3/c1-13(2)22(11-17-9-14-6-7-15(17)8-14)20(24)16-4-3-5-18(10-16)25-12-19(21)23/h3-7,10,13-15,17H,8-9,11-12H2,1-2H3,(H2,21,23). The van der Waals surface area contributed by atoms with Gasteiger partial charge in [0.1, 0.15) is 5.75 Å². The predicted octanol–water partition coefficient (Wildman–Crippen LogP) is 2.61. The molecule has 5 heteroatoms. The van der Waals surface area contributed by atoms with Crippen LogP contribution in [-0.2, 0) is 4.79 Å². The van der Waals surface area contributed by atoms with Crippen LogP contribution in [0.5, 0.6) is 5.75 Å². The Labute approximate surface area is 148 Å². The molecule has 1 aromatic rings. The minimum Gasteiger partial charge on any atom is -0.484 e. The molecule has 134 valence electrons. The zero-order valence-electron chi connectivity index (χ0n) is 14.9. The highest BCUT2D eigenvalue weighted by Gasteiger charge is 2.37. The predicted molar refractivity (Wildman–Crippen MR) is 96.1 cm³/mol. The fourth-order valence-corrected chi connectivity index (χ4v) is 3.92. The quantitative estimate of drug-likeness (QED) is 0.774. The number of primary amides is 1. The second-order valence-corrected chi connectivity index (χ2v) is 7.37. The van der Waals surface area contributed by atoms with Crippen LogP contribution < -0.4 is 10.5 Å². The van der Waals surface area contributed by atoms with Crippen LogP contribution in [0.4, 0.5) is 0 Å². The third-order valence-corrected chi connectivity index (χ3v) is 5.19. The minimum atomic E-state index is -0.537. The molecule has 0 aliphatic heterocycles. The van der Waals surface area contributed by atoms with Crippen molar-refractivity contribution in [3.8, 4) is 5.75 Å². The molecule has 3 unspecified atom stereocenters. The molecular formula is C20H26N2O3. The van der Waals surface area contributed by atoms with E-state index in [0.29, 0.717) is 29.1 Å². The fraction of sp³-hybridized carbons (Fsp3) is 0.500. The molecule has 2 aliphatic rings. The lowest BCUT2D eigenvalue weighted by Crippen LogP contribution is -2.41. The molecule has 5 nitrogen and oxygen atoms in total. The molecule has 1 fully saturated rings. The Bertz CT molecular complexity index is 683. The summed E-state index contributed by atoms with van der Waals surface area (Å²) in [6, 6.07) is 7.09. The van der Waals surface area contributed by atoms with Gasteiger partial charge in [0.15, 0.2) is 6.61 Å². The SMILES string of the molecule is CC(C)N(CC1CC2C=CC1C2)C(=O)c1cccc(OCC(N)=O)c1. The first-order chi connectivity index (χ1) is 11.9. The van der Waals surface area contributed by atoms with Gasteiger partial charge in [0, 0.05) is 18.2 Å². The number of hydrogen-bond donors (Lipinski definition) is 1. The average molecular weight is 342 g/mol. The summed E-state index contributed by atoms with van der Waals surface area (Å²) >= 11 is 0. The number of nitrogens with zero attached hydrogens (tertiary/aromatic N) is 1. The summed E-state index contributed by atoms with van der Waals surface area (Å²) in [5.74, 6) is 1.82. The van der Waals surface area contributed by atoms with Crippen molar-refractivity contribution in [2.24, 2.45) is 23.5 Å². The molecule has 2 aliphatic carbocycles. The van der Waals surface area contributed by atoms with Gasteiger partial charge in [-0.05, 0) is 62.6 Å². The molecule has 2 bridgehead atoms. The second kappa shape index (κ2) is 7.30. The van der Waals surface area contributed by atoms with Crippen molar-refractivity contribution in [3.05, 3.63) is 42.0 Å². The van der Waals surface area contributed by atoms with E-state index in [1.165, 1.54) is 12.8 Å². The summed E-state index contributed by atoms with van der Waals surface area (Å²) in [5, 5.41) is 0. The highest BCUT2D eigenvalue weighted by molar-refractivity contribution is 5.94. The smallest absolute Gasteiger partial charge is 0.255 e. The Morgan fingerprint density at radius 2 is 2.08 bits per heavy atom. The third kappa shape index (κ3) is 4.03. The maximum atomic E-state index is 13.0. The largest absolute Gasteiger partial charge is 0.484 e. The molecule has 0 spiro atoms. The first-order valence-electron chi connectivity index (χ1n) is 8.94. The first-order valence-corrected chi connectivity index (χ1v) is 8.94. The Balaban J connectivity index is 1.71. The number of ether oxygens (including phenoxy) is 1. The van der Waals surface area contributed by atoms with E-state index in [4.69, 9.17) is 10.5 Å². The number of amides is 2. The Morgan fingerprint density at radius 3 is 2.68 bits per heavy atom. The first kappa shape index (κ1) is 17.5. The van der Waals surface area contributed by atoms with E-state index in [1.54, 1.807) is 24.3 Å². The van der Waals surface area contributed by atoms with Crippen LogP contribution in [0.3, 0.4) is 0 Å². The number of carbonyl (C=O) groups is 2. The van der Waals surface area contributed by atoms with Crippen LogP contribution in [0, 0.1) is 17.8 Å². The second-order valence-electron chi connectivity index (χ2n) is 7.37. The number of rotatable bonds is 7. The van der Waals surface area contributed by atoms with Gasteiger partial charge >= 0.3 is 0 Å². The number of fused-ring (bicyclic) bond motifs is 2. The molecule has 0 aromatic heterocycles. The third-order valence-electron chi connectivity index (χ3n) is 5.19. The molecule has 0 radical (unpaired) electrons. The Morgan fingerprint density at radius 1 is 1.28 bits per heavy atom. The fourth-order valence-electron chi connectivity index (χ4n) is 3.92. The number of hydrogen-bond acceptors (Lipinski definition) is 3. The van der Waals surface area contributed by atoms with Crippen molar-refractivity contribution >= 4 is 11.8 Å². The highest BCUT2D eigenvalue weighted by atomic mass is 16.5. The van der Waals surface area contributed by atoms with Gasteiger partial charge in [-0.2, -0.15) is 0 Å². The van der Waals surface area contributed by atoms with E-state index >= 15 is 0 Å². The van der Waals surface area contributed by atoms with Gasteiger partial charge < -0.3 is 15.4 Å². The van der Waals surface area contributed by atoms with Crippen LogP contribution >= 0.6 is 0 Å². The number of carbonyl (C=O) groups excluding carboxylic acids is 2. The Kier molecular flexibility index (Phi) is 5.11. The average Bonchev–Trinajstić information content (AvgIpc) is 3.20. The van der Waals surface area contributed by atoms with Gasteiger partial charge in [0.25, 0.3) is 11.8 Å². The number of allylic oxidation sites excluding steroid dienone is 2. The monoisotopic (exact) mass is 342 g/mol. The van der Waals surface area contributed by atoms with Gasteiger partial charge in [-0.3, -0.25) is 9.59 Å². The Hall–Kier alpha value is -2.30. The molecule has 0 heterocycles. The zero-order chi connectivity index (χ0) is 18.0. The van der Waals surface area contributed by atoms with E-state index in [-0.39, 0.29) is 18.6 Å². The van der Waals surface area contributed by atoms with Gasteiger partial charge in [-0.1, -0.05) is 18.2 Å². The van der Waals surface area contributed by atoms with Crippen molar-refractivity contribution in [1.29, 1.82) is 0 Å². The molecule has 1 saturated carbocycles. The summed E-state index contributed by atoms with van der Waals surface area (Å²) in [6.07, 6.45) is 7.06. The summed E-state index contributed by atoms with van der Waals surface area (Å²) in [7, 11) is 0. The molecule has 3 rings (SSSR count). The lowest BCUT2D eigenvalue weighted by atomic mass is 9.92. The lowest BCUT2D eigenvalue weighted by molar-refractivity contribution is -0.119. The maximum Gasteiger partial charge on any atom is 0.255 e. The molecular weight excluding hydrogens is 316 g/mol. The number of benzene rings is 1. The molecule has 2 amide bonds. The van der Waals surface area contributed by atoms with E-state index in [2.05, 4.69) is 12.2 Å². The van der Waals surface area contributed by atoms with Crippen LogP contribution in [0.25, 0.3) is 0 Å². The summed E-state index contributed by atoms with van der Waals surface area (Å²) in [6.45, 7) is 4.69. The number of nitrogens with two attached hydrogens (primary N) is 1. The maximum absolute atomic E-state index is 13.0. The van der Waals surface area contributed by atoms with E-state index in [0.717, 1.165) is 6.54 Å². The van der Waals surface area contributed by atoms with E-state index in [1.807, 2.05) is 18.7 Å². The molecule has 0 saturated heterocycles. The van der Waals surface area contributed by atoms with Crippen LogP contribution in [0.2, 0.25) is 0 Å². The molecule has 1 aromatic carbocycles.